The largest absolute Gasteiger partial charge is 0.334 e. The van der Waals surface area contributed by atoms with Crippen LogP contribution in [0.1, 0.15) is 47.1 Å². The number of nitrogens with zero attached hydrogens (tertiary/aromatic N) is 2. The molecule has 8 nitrogen and oxygen atoms in total. The monoisotopic (exact) mass is 434 g/mol. The summed E-state index contributed by atoms with van der Waals surface area (Å²) < 4.78 is 0. The molecule has 0 aromatic heterocycles. The normalized spacial score (nSPS) is 13.1. The minimum Gasteiger partial charge on any atom is -0.334 e. The number of carbonyl (C=O) groups is 2. The van der Waals surface area contributed by atoms with Crippen LogP contribution in [0.25, 0.3) is 0 Å². The summed E-state index contributed by atoms with van der Waals surface area (Å²) in [5, 5.41) is 11.7. The van der Waals surface area contributed by atoms with Crippen molar-refractivity contribution >= 4 is 23.4 Å². The lowest BCUT2D eigenvalue weighted by Gasteiger charge is -2.24. The van der Waals surface area contributed by atoms with Crippen molar-refractivity contribution in [3.63, 3.8) is 0 Å². The fraction of sp³-hybridized carbons (Fsp3) is 0.652. The summed E-state index contributed by atoms with van der Waals surface area (Å²) in [5.41, 5.74) is 2.22. The first-order valence-corrected chi connectivity index (χ1v) is 11.4. The minimum absolute atomic E-state index is 0.0274. The van der Waals surface area contributed by atoms with E-state index in [-0.39, 0.29) is 24.1 Å². The first-order chi connectivity index (χ1) is 14.7. The molecule has 0 radical (unpaired) electrons. The summed E-state index contributed by atoms with van der Waals surface area (Å²) >= 11 is 0. The molecule has 1 aromatic carbocycles. The first kappa shape index (κ1) is 26.7. The number of aryl methyl sites for hydroxylation is 1. The number of hydrogen-bond donors (Lipinski definition) is 4. The van der Waals surface area contributed by atoms with E-state index >= 15 is 0 Å². The molecule has 4 N–H and O–H groups in total. The summed E-state index contributed by atoms with van der Waals surface area (Å²) in [6, 6.07) is 5.03. The van der Waals surface area contributed by atoms with Crippen molar-refractivity contribution < 1.29 is 9.59 Å². The van der Waals surface area contributed by atoms with Gasteiger partial charge in [0.05, 0.1) is 0 Å². The van der Waals surface area contributed by atoms with E-state index in [1.165, 1.54) is 0 Å². The van der Waals surface area contributed by atoms with E-state index in [9.17, 15) is 9.59 Å². The van der Waals surface area contributed by atoms with E-state index in [1.54, 1.807) is 6.07 Å². The molecule has 0 fully saturated rings. The highest BCUT2D eigenvalue weighted by Gasteiger charge is 2.13. The number of amides is 4. The Labute approximate surface area is 188 Å². The summed E-state index contributed by atoms with van der Waals surface area (Å²) in [5.74, 6) is 0. The molecule has 0 aliphatic heterocycles. The Morgan fingerprint density at radius 3 is 1.71 bits per heavy atom. The zero-order chi connectivity index (χ0) is 23.4. The van der Waals surface area contributed by atoms with Crippen molar-refractivity contribution in [2.24, 2.45) is 0 Å². The minimum atomic E-state index is -0.258. The molecule has 31 heavy (non-hydrogen) atoms. The highest BCUT2D eigenvalue weighted by atomic mass is 16.2. The summed E-state index contributed by atoms with van der Waals surface area (Å²) in [7, 11) is 0. The van der Waals surface area contributed by atoms with Gasteiger partial charge in [-0.3, -0.25) is 0 Å². The molecule has 1 rings (SSSR count). The van der Waals surface area contributed by atoms with Crippen LogP contribution in [0.15, 0.2) is 18.2 Å². The van der Waals surface area contributed by atoms with Crippen LogP contribution in [0.3, 0.4) is 0 Å². The van der Waals surface area contributed by atoms with E-state index in [0.29, 0.717) is 11.4 Å². The molecule has 1 aromatic rings. The molecule has 0 unspecified atom stereocenters. The number of rotatable bonds is 12. The molecule has 176 valence electrons. The van der Waals surface area contributed by atoms with Gasteiger partial charge in [-0.2, -0.15) is 0 Å². The molecule has 0 aliphatic carbocycles. The summed E-state index contributed by atoms with van der Waals surface area (Å²) in [6.07, 6.45) is 0. The van der Waals surface area contributed by atoms with Crippen molar-refractivity contribution in [3.8, 4) is 0 Å². The molecular formula is C23H42N6O2. The van der Waals surface area contributed by atoms with Gasteiger partial charge in [0, 0.05) is 36.5 Å². The zero-order valence-corrected chi connectivity index (χ0v) is 20.3. The van der Waals surface area contributed by atoms with Gasteiger partial charge in [-0.15, -0.1) is 0 Å². The Morgan fingerprint density at radius 2 is 1.26 bits per heavy atom. The second kappa shape index (κ2) is 13.9. The molecule has 0 aliphatic rings. The summed E-state index contributed by atoms with van der Waals surface area (Å²) in [4.78, 5) is 29.3. The molecule has 0 bridgehead atoms. The predicted octanol–water partition coefficient (Wildman–Crippen LogP) is 3.70. The number of urea groups is 2. The van der Waals surface area contributed by atoms with Gasteiger partial charge in [0.25, 0.3) is 0 Å². The van der Waals surface area contributed by atoms with Crippen molar-refractivity contribution in [3.05, 3.63) is 23.8 Å². The lowest BCUT2D eigenvalue weighted by molar-refractivity contribution is 0.237. The van der Waals surface area contributed by atoms with Gasteiger partial charge < -0.3 is 31.1 Å². The molecule has 8 heteroatoms. The maximum atomic E-state index is 12.4. The number of benzene rings is 1. The van der Waals surface area contributed by atoms with Crippen LogP contribution in [0.5, 0.6) is 0 Å². The SMILES string of the molecule is CCN(CC)C[C@H](C)NC(=O)Nc1ccc(C)c(NC(=O)N[C@@H](C)CN(CC)CC)c1. The van der Waals surface area contributed by atoms with Gasteiger partial charge in [-0.25, -0.2) is 9.59 Å². The van der Waals surface area contributed by atoms with Gasteiger partial charge in [-0.05, 0) is 64.6 Å². The third kappa shape index (κ3) is 10.0. The van der Waals surface area contributed by atoms with Crippen molar-refractivity contribution in [2.45, 2.75) is 60.5 Å². The molecule has 0 heterocycles. The maximum Gasteiger partial charge on any atom is 0.319 e. The van der Waals surface area contributed by atoms with Crippen molar-refractivity contribution in [2.75, 3.05) is 49.9 Å². The average Bonchev–Trinajstić information content (AvgIpc) is 2.72. The van der Waals surface area contributed by atoms with Gasteiger partial charge in [0.2, 0.25) is 0 Å². The van der Waals surface area contributed by atoms with E-state index < -0.39 is 0 Å². The molecule has 0 spiro atoms. The Hall–Kier alpha value is -2.32. The van der Waals surface area contributed by atoms with E-state index in [2.05, 4.69) is 58.8 Å². The molecular weight excluding hydrogens is 392 g/mol. The predicted molar refractivity (Wildman–Crippen MR) is 130 cm³/mol. The highest BCUT2D eigenvalue weighted by Crippen LogP contribution is 2.20. The van der Waals surface area contributed by atoms with Crippen molar-refractivity contribution in [1.82, 2.24) is 20.4 Å². The quantitative estimate of drug-likeness (QED) is 0.404. The molecule has 4 amide bonds. The topological polar surface area (TPSA) is 88.7 Å². The average molecular weight is 435 g/mol. The fourth-order valence-corrected chi connectivity index (χ4v) is 3.44. The number of carbonyl (C=O) groups excluding carboxylic acids is 2. The Bertz CT molecular complexity index is 689. The van der Waals surface area contributed by atoms with Gasteiger partial charge in [0.15, 0.2) is 0 Å². The van der Waals surface area contributed by atoms with Crippen LogP contribution in [0.2, 0.25) is 0 Å². The molecule has 0 saturated heterocycles. The van der Waals surface area contributed by atoms with Crippen LogP contribution >= 0.6 is 0 Å². The zero-order valence-electron chi connectivity index (χ0n) is 20.3. The van der Waals surface area contributed by atoms with E-state index in [4.69, 9.17) is 0 Å². The number of hydrogen-bond acceptors (Lipinski definition) is 4. The van der Waals surface area contributed by atoms with Crippen LogP contribution in [0, 0.1) is 6.92 Å². The third-order valence-electron chi connectivity index (χ3n) is 5.35. The number of anilines is 2. The standard InChI is InChI=1S/C23H42N6O2/c1-8-28(9-2)15-18(6)24-22(30)26-20-13-12-17(5)21(14-20)27-23(31)25-19(7)16-29(10-3)11-4/h12-14,18-19H,8-11,15-16H2,1-7H3,(H2,24,26,30)(H2,25,27,31)/t18-,19-/m0/s1. The van der Waals surface area contributed by atoms with Gasteiger partial charge in [0.1, 0.15) is 0 Å². The first-order valence-electron chi connectivity index (χ1n) is 11.4. The maximum absolute atomic E-state index is 12.4. The van der Waals surface area contributed by atoms with Crippen LogP contribution in [-0.2, 0) is 0 Å². The van der Waals surface area contributed by atoms with Crippen LogP contribution < -0.4 is 21.3 Å². The number of nitrogens with one attached hydrogen (secondary N) is 4. The van der Waals surface area contributed by atoms with E-state index in [0.717, 1.165) is 44.8 Å². The lowest BCUT2D eigenvalue weighted by Crippen LogP contribution is -2.44. The smallest absolute Gasteiger partial charge is 0.319 e. The Morgan fingerprint density at radius 1 is 0.806 bits per heavy atom. The van der Waals surface area contributed by atoms with Crippen molar-refractivity contribution in [1.29, 1.82) is 0 Å². The second-order valence-corrected chi connectivity index (χ2v) is 8.00. The van der Waals surface area contributed by atoms with E-state index in [1.807, 2.05) is 32.9 Å². The molecule has 0 saturated carbocycles. The van der Waals surface area contributed by atoms with Gasteiger partial charge in [-0.1, -0.05) is 33.8 Å². The summed E-state index contributed by atoms with van der Waals surface area (Å²) in [6.45, 7) is 19.7. The highest BCUT2D eigenvalue weighted by molar-refractivity contribution is 5.93. The van der Waals surface area contributed by atoms with Crippen LogP contribution in [-0.4, -0.2) is 73.2 Å². The fourth-order valence-electron chi connectivity index (χ4n) is 3.44. The third-order valence-corrected chi connectivity index (χ3v) is 5.35. The molecule has 2 atom stereocenters. The number of likely N-dealkylation sites (N-methyl/N-ethyl adjacent to an activating group) is 2. The second-order valence-electron chi connectivity index (χ2n) is 8.00. The Kier molecular flexibility index (Phi) is 12.0. The van der Waals surface area contributed by atoms with Gasteiger partial charge >= 0.3 is 12.1 Å². The Balaban J connectivity index is 2.64. The van der Waals surface area contributed by atoms with Crippen LogP contribution in [0.4, 0.5) is 21.0 Å². The lowest BCUT2D eigenvalue weighted by atomic mass is 10.2.